The van der Waals surface area contributed by atoms with E-state index < -0.39 is 0 Å². The first-order chi connectivity index (χ1) is 12.2. The quantitative estimate of drug-likeness (QED) is 0.707. The van der Waals surface area contributed by atoms with Crippen LogP contribution in [0, 0.1) is 0 Å². The SMILES string of the molecule is CCc1ccc(NC(=O)Cc2nc(-c3cccc(OC)c3)cs2)cc1. The highest BCUT2D eigenvalue weighted by Gasteiger charge is 2.10. The number of anilines is 1. The van der Waals surface area contributed by atoms with Crippen molar-refractivity contribution in [2.24, 2.45) is 0 Å². The van der Waals surface area contributed by atoms with Crippen LogP contribution in [0.3, 0.4) is 0 Å². The zero-order valence-corrected chi connectivity index (χ0v) is 15.1. The highest BCUT2D eigenvalue weighted by atomic mass is 32.1. The molecule has 1 N–H and O–H groups in total. The number of carbonyl (C=O) groups is 1. The highest BCUT2D eigenvalue weighted by molar-refractivity contribution is 7.10. The molecule has 0 saturated heterocycles. The Labute approximate surface area is 151 Å². The van der Waals surface area contributed by atoms with Crippen molar-refractivity contribution in [3.8, 4) is 17.0 Å². The van der Waals surface area contributed by atoms with Crippen molar-refractivity contribution in [3.05, 3.63) is 64.5 Å². The number of nitrogens with one attached hydrogen (secondary N) is 1. The standard InChI is InChI=1S/C20H20N2O2S/c1-3-14-7-9-16(10-8-14)21-19(23)12-20-22-18(13-25-20)15-5-4-6-17(11-15)24-2/h4-11,13H,3,12H2,1-2H3,(H,21,23). The third kappa shape index (κ3) is 4.45. The Kier molecular flexibility index (Phi) is 5.46. The summed E-state index contributed by atoms with van der Waals surface area (Å²) < 4.78 is 5.24. The monoisotopic (exact) mass is 352 g/mol. The molecule has 1 heterocycles. The third-order valence-electron chi connectivity index (χ3n) is 3.87. The topological polar surface area (TPSA) is 51.2 Å². The van der Waals surface area contributed by atoms with E-state index in [1.54, 1.807) is 7.11 Å². The number of ether oxygens (including phenoxy) is 1. The van der Waals surface area contributed by atoms with Crippen LogP contribution in [0.15, 0.2) is 53.9 Å². The molecule has 25 heavy (non-hydrogen) atoms. The van der Waals surface area contributed by atoms with Crippen molar-refractivity contribution in [3.63, 3.8) is 0 Å². The number of aromatic nitrogens is 1. The molecule has 0 aliphatic heterocycles. The van der Waals surface area contributed by atoms with E-state index in [1.807, 2.05) is 53.9 Å². The van der Waals surface area contributed by atoms with E-state index in [0.29, 0.717) is 0 Å². The number of hydrogen-bond acceptors (Lipinski definition) is 4. The molecule has 1 aromatic heterocycles. The molecule has 3 aromatic rings. The lowest BCUT2D eigenvalue weighted by molar-refractivity contribution is -0.115. The van der Waals surface area contributed by atoms with Crippen LogP contribution in [0.2, 0.25) is 0 Å². The van der Waals surface area contributed by atoms with Crippen molar-refractivity contribution >= 4 is 22.9 Å². The van der Waals surface area contributed by atoms with Crippen molar-refractivity contribution < 1.29 is 9.53 Å². The fourth-order valence-electron chi connectivity index (χ4n) is 2.47. The number of nitrogens with zero attached hydrogens (tertiary/aromatic N) is 1. The Balaban J connectivity index is 1.64. The third-order valence-corrected chi connectivity index (χ3v) is 4.72. The molecule has 0 saturated carbocycles. The molecule has 0 spiro atoms. The van der Waals surface area contributed by atoms with Crippen molar-refractivity contribution in [1.29, 1.82) is 0 Å². The van der Waals surface area contributed by atoms with Crippen LogP contribution in [-0.4, -0.2) is 18.0 Å². The molecular weight excluding hydrogens is 332 g/mol. The summed E-state index contributed by atoms with van der Waals surface area (Å²) in [6, 6.07) is 15.7. The average Bonchev–Trinajstić information content (AvgIpc) is 3.10. The summed E-state index contributed by atoms with van der Waals surface area (Å²) in [5.74, 6) is 0.733. The van der Waals surface area contributed by atoms with Gasteiger partial charge in [0.05, 0.1) is 19.2 Å². The van der Waals surface area contributed by atoms with E-state index in [2.05, 4.69) is 17.2 Å². The minimum atomic E-state index is -0.0595. The molecule has 0 fully saturated rings. The molecule has 0 aliphatic rings. The van der Waals surface area contributed by atoms with Crippen LogP contribution in [0.25, 0.3) is 11.3 Å². The molecule has 5 heteroatoms. The van der Waals surface area contributed by atoms with Gasteiger partial charge in [-0.3, -0.25) is 4.79 Å². The van der Waals surface area contributed by atoms with Crippen LogP contribution < -0.4 is 10.1 Å². The number of aryl methyl sites for hydroxylation is 1. The Hall–Kier alpha value is -2.66. The molecule has 3 rings (SSSR count). The van der Waals surface area contributed by atoms with Crippen LogP contribution in [-0.2, 0) is 17.6 Å². The predicted molar refractivity (Wildman–Crippen MR) is 102 cm³/mol. The molecule has 0 unspecified atom stereocenters. The highest BCUT2D eigenvalue weighted by Crippen LogP contribution is 2.25. The number of rotatable bonds is 6. The largest absolute Gasteiger partial charge is 0.497 e. The second-order valence-electron chi connectivity index (χ2n) is 5.63. The maximum Gasteiger partial charge on any atom is 0.231 e. The van der Waals surface area contributed by atoms with Crippen LogP contribution in [0.4, 0.5) is 5.69 Å². The van der Waals surface area contributed by atoms with Crippen molar-refractivity contribution in [2.45, 2.75) is 19.8 Å². The molecule has 0 aliphatic carbocycles. The molecule has 4 nitrogen and oxygen atoms in total. The van der Waals surface area contributed by atoms with Gasteiger partial charge in [0.15, 0.2) is 0 Å². The Bertz CT molecular complexity index is 856. The first-order valence-electron chi connectivity index (χ1n) is 8.15. The fourth-order valence-corrected chi connectivity index (χ4v) is 3.28. The lowest BCUT2D eigenvalue weighted by Gasteiger charge is -2.05. The fraction of sp³-hybridized carbons (Fsp3) is 0.200. The molecule has 2 aromatic carbocycles. The lowest BCUT2D eigenvalue weighted by atomic mass is 10.1. The van der Waals surface area contributed by atoms with Gasteiger partial charge in [-0.1, -0.05) is 31.2 Å². The van der Waals surface area contributed by atoms with E-state index in [0.717, 1.165) is 34.1 Å². The van der Waals surface area contributed by atoms with E-state index in [-0.39, 0.29) is 12.3 Å². The Morgan fingerprint density at radius 2 is 2.00 bits per heavy atom. The predicted octanol–water partition coefficient (Wildman–Crippen LogP) is 4.56. The van der Waals surface area contributed by atoms with Crippen molar-refractivity contribution in [1.82, 2.24) is 4.98 Å². The maximum absolute atomic E-state index is 12.2. The molecule has 0 atom stereocenters. The summed E-state index contributed by atoms with van der Waals surface area (Å²) in [7, 11) is 1.64. The summed E-state index contributed by atoms with van der Waals surface area (Å²) >= 11 is 1.49. The van der Waals surface area contributed by atoms with E-state index in [4.69, 9.17) is 4.74 Å². The zero-order chi connectivity index (χ0) is 17.6. The van der Waals surface area contributed by atoms with Crippen LogP contribution in [0.1, 0.15) is 17.5 Å². The van der Waals surface area contributed by atoms with E-state index in [1.165, 1.54) is 16.9 Å². The number of methoxy groups -OCH3 is 1. The number of amides is 1. The van der Waals surface area contributed by atoms with Gasteiger partial charge >= 0.3 is 0 Å². The number of benzene rings is 2. The zero-order valence-electron chi connectivity index (χ0n) is 14.3. The normalized spacial score (nSPS) is 10.5. The van der Waals surface area contributed by atoms with Gasteiger partial charge < -0.3 is 10.1 Å². The minimum Gasteiger partial charge on any atom is -0.497 e. The van der Waals surface area contributed by atoms with Crippen molar-refractivity contribution in [2.75, 3.05) is 12.4 Å². The van der Waals surface area contributed by atoms with E-state index in [9.17, 15) is 4.79 Å². The van der Waals surface area contributed by atoms with Crippen LogP contribution >= 0.6 is 11.3 Å². The molecule has 1 amide bonds. The van der Waals surface area contributed by atoms with Gasteiger partial charge in [-0.05, 0) is 36.2 Å². The first-order valence-corrected chi connectivity index (χ1v) is 9.03. The first kappa shape index (κ1) is 17.2. The molecule has 128 valence electrons. The second kappa shape index (κ2) is 7.94. The number of hydrogen-bond donors (Lipinski definition) is 1. The van der Waals surface area contributed by atoms with E-state index >= 15 is 0 Å². The summed E-state index contributed by atoms with van der Waals surface area (Å²) in [6.45, 7) is 2.11. The number of thiazole rings is 1. The van der Waals surface area contributed by atoms with Crippen LogP contribution in [0.5, 0.6) is 5.75 Å². The molecule has 0 bridgehead atoms. The number of carbonyl (C=O) groups excluding carboxylic acids is 1. The van der Waals surface area contributed by atoms with Gasteiger partial charge in [0, 0.05) is 16.6 Å². The summed E-state index contributed by atoms with van der Waals surface area (Å²) in [5.41, 5.74) is 3.91. The van der Waals surface area contributed by atoms with Gasteiger partial charge in [-0.2, -0.15) is 0 Å². The van der Waals surface area contributed by atoms with Gasteiger partial charge in [0.25, 0.3) is 0 Å². The summed E-state index contributed by atoms with van der Waals surface area (Å²) in [5, 5.41) is 5.67. The Morgan fingerprint density at radius 1 is 1.20 bits per heavy atom. The smallest absolute Gasteiger partial charge is 0.231 e. The maximum atomic E-state index is 12.2. The van der Waals surface area contributed by atoms with Gasteiger partial charge in [0.2, 0.25) is 5.91 Å². The van der Waals surface area contributed by atoms with Gasteiger partial charge in [-0.25, -0.2) is 4.98 Å². The Morgan fingerprint density at radius 3 is 2.72 bits per heavy atom. The summed E-state index contributed by atoms with van der Waals surface area (Å²) in [6.07, 6.45) is 1.25. The van der Waals surface area contributed by atoms with Gasteiger partial charge in [-0.15, -0.1) is 11.3 Å². The average molecular weight is 352 g/mol. The lowest BCUT2D eigenvalue weighted by Crippen LogP contribution is -2.14. The minimum absolute atomic E-state index is 0.0595. The summed E-state index contributed by atoms with van der Waals surface area (Å²) in [4.78, 5) is 16.8. The molecular formula is C20H20N2O2S. The van der Waals surface area contributed by atoms with Gasteiger partial charge in [0.1, 0.15) is 10.8 Å². The molecule has 0 radical (unpaired) electrons. The second-order valence-corrected chi connectivity index (χ2v) is 6.58.